The van der Waals surface area contributed by atoms with Gasteiger partial charge in [0.25, 0.3) is 0 Å². The Morgan fingerprint density at radius 2 is 2.00 bits per heavy atom. The smallest absolute Gasteiger partial charge is 0.123 e. The van der Waals surface area contributed by atoms with Crippen LogP contribution < -0.4 is 5.32 Å². The first-order valence-corrected chi connectivity index (χ1v) is 6.81. The van der Waals surface area contributed by atoms with Crippen LogP contribution in [-0.4, -0.2) is 6.04 Å². The molecule has 0 aliphatic heterocycles. The van der Waals surface area contributed by atoms with E-state index in [0.717, 1.165) is 6.42 Å². The van der Waals surface area contributed by atoms with Gasteiger partial charge in [0.15, 0.2) is 0 Å². The molecule has 0 aromatic heterocycles. The molecule has 0 heterocycles. The Bertz CT molecular complexity index is 329. The molecule has 1 nitrogen and oxygen atoms in total. The van der Waals surface area contributed by atoms with Crippen LogP contribution in [0.2, 0.25) is 0 Å². The summed E-state index contributed by atoms with van der Waals surface area (Å²) >= 11 is 0. The van der Waals surface area contributed by atoms with Gasteiger partial charge in [0.2, 0.25) is 0 Å². The third-order valence-corrected chi connectivity index (χ3v) is 3.66. The lowest BCUT2D eigenvalue weighted by Crippen LogP contribution is -2.37. The lowest BCUT2D eigenvalue weighted by molar-refractivity contribution is 0.295. The Balaban J connectivity index is 1.99. The van der Waals surface area contributed by atoms with Crippen LogP contribution in [0.1, 0.15) is 57.1 Å². The summed E-state index contributed by atoms with van der Waals surface area (Å²) in [6, 6.07) is 8.05. The van der Waals surface area contributed by atoms with Crippen LogP contribution in [0.5, 0.6) is 0 Å². The highest BCUT2D eigenvalue weighted by molar-refractivity contribution is 5.20. The van der Waals surface area contributed by atoms with E-state index in [1.165, 1.54) is 37.7 Å². The van der Waals surface area contributed by atoms with Crippen molar-refractivity contribution >= 4 is 0 Å². The zero-order valence-electron chi connectivity index (χ0n) is 10.6. The second kappa shape index (κ2) is 6.15. The molecule has 1 aromatic carbocycles. The summed E-state index contributed by atoms with van der Waals surface area (Å²) < 4.78 is 12.9. The average molecular weight is 235 g/mol. The zero-order chi connectivity index (χ0) is 12.1. The topological polar surface area (TPSA) is 12.0 Å². The minimum Gasteiger partial charge on any atom is -0.307 e. The van der Waals surface area contributed by atoms with Crippen LogP contribution in [0.4, 0.5) is 4.39 Å². The molecule has 1 fully saturated rings. The lowest BCUT2D eigenvalue weighted by Gasteiger charge is -2.32. The molecule has 1 unspecified atom stereocenters. The summed E-state index contributed by atoms with van der Waals surface area (Å²) in [6.45, 7) is 2.21. The van der Waals surface area contributed by atoms with Crippen molar-refractivity contribution in [2.45, 2.75) is 57.5 Å². The maximum absolute atomic E-state index is 12.9. The summed E-state index contributed by atoms with van der Waals surface area (Å²) in [4.78, 5) is 0. The SMILES string of the molecule is CCCCC(NC1CCC1)c1ccc(F)cc1. The molecule has 1 aromatic rings. The van der Waals surface area contributed by atoms with Crippen molar-refractivity contribution < 1.29 is 4.39 Å². The fraction of sp³-hybridized carbons (Fsp3) is 0.600. The first-order valence-electron chi connectivity index (χ1n) is 6.81. The van der Waals surface area contributed by atoms with E-state index in [4.69, 9.17) is 0 Å². The zero-order valence-corrected chi connectivity index (χ0v) is 10.6. The van der Waals surface area contributed by atoms with Gasteiger partial charge in [-0.15, -0.1) is 0 Å². The maximum Gasteiger partial charge on any atom is 0.123 e. The summed E-state index contributed by atoms with van der Waals surface area (Å²) in [5, 5.41) is 3.70. The van der Waals surface area contributed by atoms with Crippen LogP contribution in [-0.2, 0) is 0 Å². The maximum atomic E-state index is 12.9. The Morgan fingerprint density at radius 1 is 1.29 bits per heavy atom. The van der Waals surface area contributed by atoms with E-state index in [2.05, 4.69) is 12.2 Å². The van der Waals surface area contributed by atoms with Gasteiger partial charge in [-0.3, -0.25) is 0 Å². The molecule has 17 heavy (non-hydrogen) atoms. The summed E-state index contributed by atoms with van der Waals surface area (Å²) in [7, 11) is 0. The van der Waals surface area contributed by atoms with Crippen molar-refractivity contribution in [1.82, 2.24) is 5.32 Å². The highest BCUT2D eigenvalue weighted by Crippen LogP contribution is 2.26. The van der Waals surface area contributed by atoms with Crippen LogP contribution in [0.15, 0.2) is 24.3 Å². The van der Waals surface area contributed by atoms with E-state index < -0.39 is 0 Å². The minimum atomic E-state index is -0.147. The number of hydrogen-bond donors (Lipinski definition) is 1. The molecule has 1 aliphatic carbocycles. The molecule has 1 atom stereocenters. The van der Waals surface area contributed by atoms with E-state index in [-0.39, 0.29) is 5.82 Å². The van der Waals surface area contributed by atoms with E-state index in [0.29, 0.717) is 12.1 Å². The fourth-order valence-electron chi connectivity index (χ4n) is 2.31. The molecule has 0 saturated heterocycles. The second-order valence-electron chi connectivity index (χ2n) is 5.04. The predicted octanol–water partition coefficient (Wildman–Crippen LogP) is 4.20. The summed E-state index contributed by atoms with van der Waals surface area (Å²) in [6.07, 6.45) is 7.53. The molecule has 1 saturated carbocycles. The Morgan fingerprint density at radius 3 is 2.53 bits per heavy atom. The standard InChI is InChI=1S/C15H22FN/c1-2-3-7-15(17-14-5-4-6-14)12-8-10-13(16)11-9-12/h8-11,14-15,17H,2-7H2,1H3. The predicted molar refractivity (Wildman–Crippen MR) is 69.4 cm³/mol. The van der Waals surface area contributed by atoms with Gasteiger partial charge in [-0.1, -0.05) is 38.3 Å². The molecule has 0 bridgehead atoms. The molecule has 94 valence electrons. The lowest BCUT2D eigenvalue weighted by atomic mass is 9.90. The van der Waals surface area contributed by atoms with Gasteiger partial charge in [-0.2, -0.15) is 0 Å². The van der Waals surface area contributed by atoms with Crippen molar-refractivity contribution in [3.63, 3.8) is 0 Å². The Hall–Kier alpha value is -0.890. The van der Waals surface area contributed by atoms with E-state index in [9.17, 15) is 4.39 Å². The van der Waals surface area contributed by atoms with Gasteiger partial charge in [0, 0.05) is 12.1 Å². The third kappa shape index (κ3) is 3.53. The molecule has 0 radical (unpaired) electrons. The van der Waals surface area contributed by atoms with Gasteiger partial charge in [-0.25, -0.2) is 4.39 Å². The molecule has 0 amide bonds. The fourth-order valence-corrected chi connectivity index (χ4v) is 2.31. The Kier molecular flexibility index (Phi) is 4.55. The van der Waals surface area contributed by atoms with Gasteiger partial charge >= 0.3 is 0 Å². The number of rotatable bonds is 6. The monoisotopic (exact) mass is 235 g/mol. The summed E-state index contributed by atoms with van der Waals surface area (Å²) in [5.41, 5.74) is 1.23. The van der Waals surface area contributed by atoms with Gasteiger partial charge in [0.05, 0.1) is 0 Å². The first kappa shape index (κ1) is 12.6. The van der Waals surface area contributed by atoms with E-state index >= 15 is 0 Å². The first-order chi connectivity index (χ1) is 8.29. The van der Waals surface area contributed by atoms with Crippen LogP contribution in [0.25, 0.3) is 0 Å². The van der Waals surface area contributed by atoms with Crippen LogP contribution >= 0.6 is 0 Å². The van der Waals surface area contributed by atoms with E-state index in [1.807, 2.05) is 12.1 Å². The van der Waals surface area contributed by atoms with Gasteiger partial charge < -0.3 is 5.32 Å². The number of halogens is 1. The molecule has 1 aliphatic rings. The van der Waals surface area contributed by atoms with Crippen LogP contribution in [0, 0.1) is 5.82 Å². The molecular formula is C15H22FN. The Labute approximate surface area is 103 Å². The number of hydrogen-bond acceptors (Lipinski definition) is 1. The molecular weight excluding hydrogens is 213 g/mol. The largest absolute Gasteiger partial charge is 0.307 e. The molecule has 1 N–H and O–H groups in total. The van der Waals surface area contributed by atoms with Crippen molar-refractivity contribution in [1.29, 1.82) is 0 Å². The van der Waals surface area contributed by atoms with Gasteiger partial charge in [-0.05, 0) is 37.0 Å². The number of nitrogens with one attached hydrogen (secondary N) is 1. The quantitative estimate of drug-likeness (QED) is 0.779. The molecule has 0 spiro atoms. The highest BCUT2D eigenvalue weighted by atomic mass is 19.1. The van der Waals surface area contributed by atoms with Crippen molar-refractivity contribution in [2.75, 3.05) is 0 Å². The third-order valence-electron chi connectivity index (χ3n) is 3.66. The number of benzene rings is 1. The van der Waals surface area contributed by atoms with Crippen molar-refractivity contribution in [3.8, 4) is 0 Å². The number of unbranched alkanes of at least 4 members (excludes halogenated alkanes) is 1. The van der Waals surface area contributed by atoms with Crippen molar-refractivity contribution in [3.05, 3.63) is 35.6 Å². The second-order valence-corrected chi connectivity index (χ2v) is 5.04. The minimum absolute atomic E-state index is 0.147. The van der Waals surface area contributed by atoms with Crippen molar-refractivity contribution in [2.24, 2.45) is 0 Å². The molecule has 2 rings (SSSR count). The van der Waals surface area contributed by atoms with E-state index in [1.54, 1.807) is 12.1 Å². The summed E-state index contributed by atoms with van der Waals surface area (Å²) in [5.74, 6) is -0.147. The molecule has 2 heteroatoms. The average Bonchev–Trinajstić information content (AvgIpc) is 2.28. The van der Waals surface area contributed by atoms with Gasteiger partial charge in [0.1, 0.15) is 5.82 Å². The van der Waals surface area contributed by atoms with Crippen LogP contribution in [0.3, 0.4) is 0 Å². The normalized spacial score (nSPS) is 17.8. The highest BCUT2D eigenvalue weighted by Gasteiger charge is 2.21.